The van der Waals surface area contributed by atoms with Gasteiger partial charge in [0.2, 0.25) is 0 Å². The molecule has 2 aromatic carbocycles. The zero-order valence-corrected chi connectivity index (χ0v) is 12.0. The monoisotopic (exact) mass is 268 g/mol. The van der Waals surface area contributed by atoms with Crippen molar-refractivity contribution in [2.24, 2.45) is 0 Å². The van der Waals surface area contributed by atoms with Crippen LogP contribution in [0.2, 0.25) is 0 Å². The van der Waals surface area contributed by atoms with Crippen LogP contribution >= 0.6 is 0 Å². The first-order valence-electron chi connectivity index (χ1n) is 6.92. The van der Waals surface area contributed by atoms with Crippen LogP contribution < -0.4 is 10.5 Å². The summed E-state index contributed by atoms with van der Waals surface area (Å²) in [6, 6.07) is 14.8. The molecule has 104 valence electrons. The standard InChI is InChI=1S/C17H20N2O/c1-19(2)17(13-4-3-5-15(18)11-13)14-6-7-16-12(10-14)8-9-20-16/h3-7,10-11,17H,8-9,18H2,1-2H3. The first kappa shape index (κ1) is 13.0. The summed E-state index contributed by atoms with van der Waals surface area (Å²) >= 11 is 0. The Bertz CT molecular complexity index is 622. The third-order valence-electron chi connectivity index (χ3n) is 3.77. The van der Waals surface area contributed by atoms with E-state index in [1.807, 2.05) is 18.2 Å². The van der Waals surface area contributed by atoms with Gasteiger partial charge in [0.05, 0.1) is 12.6 Å². The predicted octanol–water partition coefficient (Wildman–Crippen LogP) is 2.85. The van der Waals surface area contributed by atoms with Gasteiger partial charge in [-0.05, 0) is 49.0 Å². The highest BCUT2D eigenvalue weighted by atomic mass is 16.5. The lowest BCUT2D eigenvalue weighted by molar-refractivity contribution is 0.341. The Morgan fingerprint density at radius 1 is 1.10 bits per heavy atom. The molecule has 1 heterocycles. The minimum Gasteiger partial charge on any atom is -0.493 e. The van der Waals surface area contributed by atoms with Crippen molar-refractivity contribution >= 4 is 5.69 Å². The molecule has 0 aromatic heterocycles. The molecule has 1 aliphatic heterocycles. The Morgan fingerprint density at radius 2 is 1.90 bits per heavy atom. The van der Waals surface area contributed by atoms with Crippen LogP contribution in [0.15, 0.2) is 42.5 Å². The van der Waals surface area contributed by atoms with Crippen LogP contribution in [0.1, 0.15) is 22.7 Å². The minimum atomic E-state index is 0.212. The highest BCUT2D eigenvalue weighted by Gasteiger charge is 2.20. The van der Waals surface area contributed by atoms with E-state index in [-0.39, 0.29) is 6.04 Å². The van der Waals surface area contributed by atoms with Gasteiger partial charge < -0.3 is 10.5 Å². The first-order chi connectivity index (χ1) is 9.65. The van der Waals surface area contributed by atoms with Crippen LogP contribution in [0.4, 0.5) is 5.69 Å². The maximum atomic E-state index is 5.93. The third kappa shape index (κ3) is 2.37. The summed E-state index contributed by atoms with van der Waals surface area (Å²) in [4.78, 5) is 2.21. The van der Waals surface area contributed by atoms with E-state index in [2.05, 4.69) is 43.3 Å². The number of benzene rings is 2. The fourth-order valence-electron chi connectivity index (χ4n) is 2.89. The molecular weight excluding hydrogens is 248 g/mol. The van der Waals surface area contributed by atoms with Crippen LogP contribution in [0, 0.1) is 0 Å². The Labute approximate surface area is 120 Å². The lowest BCUT2D eigenvalue weighted by atomic mass is 9.95. The molecule has 0 spiro atoms. The summed E-state index contributed by atoms with van der Waals surface area (Å²) in [5.74, 6) is 1.03. The number of anilines is 1. The van der Waals surface area contributed by atoms with Crippen LogP contribution in [0.3, 0.4) is 0 Å². The largest absolute Gasteiger partial charge is 0.493 e. The van der Waals surface area contributed by atoms with Crippen molar-refractivity contribution in [1.29, 1.82) is 0 Å². The van der Waals surface area contributed by atoms with Gasteiger partial charge in [-0.2, -0.15) is 0 Å². The van der Waals surface area contributed by atoms with Crippen molar-refractivity contribution in [2.75, 3.05) is 26.4 Å². The normalized spacial score (nSPS) is 14.9. The van der Waals surface area contributed by atoms with Gasteiger partial charge in [0, 0.05) is 12.1 Å². The Kier molecular flexibility index (Phi) is 3.36. The molecule has 2 aromatic rings. The summed E-state index contributed by atoms with van der Waals surface area (Å²) in [5, 5.41) is 0. The maximum Gasteiger partial charge on any atom is 0.122 e. The summed E-state index contributed by atoms with van der Waals surface area (Å²) in [7, 11) is 4.19. The number of rotatable bonds is 3. The van der Waals surface area contributed by atoms with Crippen LogP contribution in [0.5, 0.6) is 5.75 Å². The van der Waals surface area contributed by atoms with E-state index in [0.717, 1.165) is 24.5 Å². The number of fused-ring (bicyclic) bond motifs is 1. The fourth-order valence-corrected chi connectivity index (χ4v) is 2.89. The SMILES string of the molecule is CN(C)C(c1cccc(N)c1)c1ccc2c(c1)CCO2. The molecule has 3 nitrogen and oxygen atoms in total. The van der Waals surface area contributed by atoms with E-state index >= 15 is 0 Å². The molecule has 0 saturated carbocycles. The predicted molar refractivity (Wildman–Crippen MR) is 82.0 cm³/mol. The molecule has 1 unspecified atom stereocenters. The second-order valence-electron chi connectivity index (χ2n) is 5.50. The van der Waals surface area contributed by atoms with Gasteiger partial charge in [-0.1, -0.05) is 24.3 Å². The highest BCUT2D eigenvalue weighted by molar-refractivity contribution is 5.47. The molecule has 0 amide bonds. The van der Waals surface area contributed by atoms with Crippen molar-refractivity contribution in [3.05, 3.63) is 59.2 Å². The number of ether oxygens (including phenoxy) is 1. The second-order valence-corrected chi connectivity index (χ2v) is 5.50. The van der Waals surface area contributed by atoms with Gasteiger partial charge in [0.25, 0.3) is 0 Å². The molecule has 1 aliphatic rings. The number of nitrogens with zero attached hydrogens (tertiary/aromatic N) is 1. The molecule has 3 rings (SSSR count). The smallest absolute Gasteiger partial charge is 0.122 e. The molecular formula is C17H20N2O. The third-order valence-corrected chi connectivity index (χ3v) is 3.77. The molecule has 0 saturated heterocycles. The van der Waals surface area contributed by atoms with E-state index < -0.39 is 0 Å². The van der Waals surface area contributed by atoms with Gasteiger partial charge >= 0.3 is 0 Å². The van der Waals surface area contributed by atoms with Crippen molar-refractivity contribution in [2.45, 2.75) is 12.5 Å². The topological polar surface area (TPSA) is 38.5 Å². The van der Waals surface area contributed by atoms with Crippen molar-refractivity contribution in [3.8, 4) is 5.75 Å². The lowest BCUT2D eigenvalue weighted by Crippen LogP contribution is -2.21. The first-order valence-corrected chi connectivity index (χ1v) is 6.92. The van der Waals surface area contributed by atoms with Gasteiger partial charge in [-0.15, -0.1) is 0 Å². The Morgan fingerprint density at radius 3 is 2.65 bits per heavy atom. The van der Waals surface area contributed by atoms with Crippen LogP contribution in [-0.4, -0.2) is 25.6 Å². The van der Waals surface area contributed by atoms with Crippen molar-refractivity contribution in [3.63, 3.8) is 0 Å². The van der Waals surface area contributed by atoms with Crippen LogP contribution in [0.25, 0.3) is 0 Å². The average Bonchev–Trinajstić information content (AvgIpc) is 2.86. The second kappa shape index (κ2) is 5.17. The molecule has 0 radical (unpaired) electrons. The maximum absolute atomic E-state index is 5.93. The van der Waals surface area contributed by atoms with E-state index in [9.17, 15) is 0 Å². The summed E-state index contributed by atoms with van der Waals surface area (Å²) in [6.07, 6.45) is 1.00. The highest BCUT2D eigenvalue weighted by Crippen LogP contribution is 2.33. The summed E-state index contributed by atoms with van der Waals surface area (Å²) in [5.41, 5.74) is 10.5. The average molecular weight is 268 g/mol. The lowest BCUT2D eigenvalue weighted by Gasteiger charge is -2.26. The molecule has 1 atom stereocenters. The number of hydrogen-bond donors (Lipinski definition) is 1. The molecule has 3 heteroatoms. The van der Waals surface area contributed by atoms with Gasteiger partial charge in [-0.25, -0.2) is 0 Å². The van der Waals surface area contributed by atoms with E-state index in [4.69, 9.17) is 10.5 Å². The molecule has 0 aliphatic carbocycles. The summed E-state index contributed by atoms with van der Waals surface area (Å²) < 4.78 is 5.58. The minimum absolute atomic E-state index is 0.212. The van der Waals surface area contributed by atoms with Gasteiger partial charge in [-0.3, -0.25) is 4.90 Å². The van der Waals surface area contributed by atoms with E-state index in [0.29, 0.717) is 0 Å². The Hall–Kier alpha value is -2.00. The van der Waals surface area contributed by atoms with E-state index in [1.165, 1.54) is 16.7 Å². The van der Waals surface area contributed by atoms with Gasteiger partial charge in [0.1, 0.15) is 5.75 Å². The molecule has 0 bridgehead atoms. The van der Waals surface area contributed by atoms with Gasteiger partial charge in [0.15, 0.2) is 0 Å². The number of nitrogen functional groups attached to an aromatic ring is 1. The molecule has 0 fully saturated rings. The quantitative estimate of drug-likeness (QED) is 0.870. The molecule has 20 heavy (non-hydrogen) atoms. The zero-order valence-electron chi connectivity index (χ0n) is 12.0. The number of nitrogens with two attached hydrogens (primary N) is 1. The summed E-state index contributed by atoms with van der Waals surface area (Å²) in [6.45, 7) is 0.795. The van der Waals surface area contributed by atoms with Crippen LogP contribution in [-0.2, 0) is 6.42 Å². The Balaban J connectivity index is 2.03. The zero-order chi connectivity index (χ0) is 14.1. The molecule has 2 N–H and O–H groups in total. The van der Waals surface area contributed by atoms with E-state index in [1.54, 1.807) is 0 Å². The van der Waals surface area contributed by atoms with Crippen molar-refractivity contribution in [1.82, 2.24) is 4.90 Å². The van der Waals surface area contributed by atoms with Crippen molar-refractivity contribution < 1.29 is 4.74 Å². The number of hydrogen-bond acceptors (Lipinski definition) is 3. The fraction of sp³-hybridized carbons (Fsp3) is 0.294.